The molecule has 2 N–H and O–H groups in total. The van der Waals surface area contributed by atoms with Crippen molar-refractivity contribution in [2.75, 3.05) is 39.3 Å². The van der Waals surface area contributed by atoms with Gasteiger partial charge in [-0.25, -0.2) is 4.98 Å². The predicted molar refractivity (Wildman–Crippen MR) is 72.5 cm³/mol. The van der Waals surface area contributed by atoms with Crippen molar-refractivity contribution in [1.29, 1.82) is 0 Å². The molecule has 17 heavy (non-hydrogen) atoms. The van der Waals surface area contributed by atoms with Gasteiger partial charge in [-0.15, -0.1) is 11.3 Å². The van der Waals surface area contributed by atoms with Crippen LogP contribution >= 0.6 is 11.3 Å². The normalized spacial score (nSPS) is 20.1. The third kappa shape index (κ3) is 4.35. The summed E-state index contributed by atoms with van der Waals surface area (Å²) in [5.74, 6) is 0. The van der Waals surface area contributed by atoms with Crippen LogP contribution in [0.15, 0.2) is 11.6 Å². The molecule has 0 radical (unpaired) electrons. The van der Waals surface area contributed by atoms with Gasteiger partial charge in [0.25, 0.3) is 0 Å². The minimum absolute atomic E-state index is 0.375. The average Bonchev–Trinajstić information content (AvgIpc) is 2.75. The lowest BCUT2D eigenvalue weighted by molar-refractivity contribution is 0.287. The first kappa shape index (κ1) is 13.0. The molecule has 96 valence electrons. The number of aromatic nitrogens is 1. The highest BCUT2D eigenvalue weighted by molar-refractivity contribution is 7.09. The van der Waals surface area contributed by atoms with Gasteiger partial charge < -0.3 is 15.5 Å². The summed E-state index contributed by atoms with van der Waals surface area (Å²) in [6.45, 7) is 9.05. The van der Waals surface area contributed by atoms with Crippen LogP contribution in [0.1, 0.15) is 24.4 Å². The largest absolute Gasteiger partial charge is 0.315 e. The number of nitrogens with one attached hydrogen (secondary N) is 2. The lowest BCUT2D eigenvalue weighted by Gasteiger charge is -2.20. The summed E-state index contributed by atoms with van der Waals surface area (Å²) in [6.07, 6.45) is 3.14. The molecule has 2 heterocycles. The second-order valence-electron chi connectivity index (χ2n) is 4.49. The van der Waals surface area contributed by atoms with Gasteiger partial charge in [0.05, 0.1) is 6.04 Å². The van der Waals surface area contributed by atoms with Gasteiger partial charge in [-0.1, -0.05) is 0 Å². The highest BCUT2D eigenvalue weighted by Crippen LogP contribution is 2.13. The summed E-state index contributed by atoms with van der Waals surface area (Å²) >= 11 is 1.72. The molecule has 1 aliphatic heterocycles. The van der Waals surface area contributed by atoms with Gasteiger partial charge in [0.2, 0.25) is 0 Å². The van der Waals surface area contributed by atoms with E-state index in [9.17, 15) is 0 Å². The minimum atomic E-state index is 0.375. The Morgan fingerprint density at radius 1 is 1.53 bits per heavy atom. The van der Waals surface area contributed by atoms with Crippen molar-refractivity contribution in [2.24, 2.45) is 0 Å². The second-order valence-corrected chi connectivity index (χ2v) is 5.42. The van der Waals surface area contributed by atoms with Crippen LogP contribution in [-0.4, -0.2) is 49.2 Å². The molecule has 1 atom stereocenters. The van der Waals surface area contributed by atoms with Crippen LogP contribution in [0.4, 0.5) is 0 Å². The molecule has 1 fully saturated rings. The molecule has 0 saturated carbocycles. The van der Waals surface area contributed by atoms with Crippen molar-refractivity contribution < 1.29 is 0 Å². The molecule has 0 spiro atoms. The molecule has 0 aromatic carbocycles. The first-order valence-corrected chi connectivity index (χ1v) is 7.30. The van der Waals surface area contributed by atoms with Crippen LogP contribution < -0.4 is 10.6 Å². The van der Waals surface area contributed by atoms with E-state index in [2.05, 4.69) is 27.4 Å². The fraction of sp³-hybridized carbons (Fsp3) is 0.750. The van der Waals surface area contributed by atoms with Gasteiger partial charge in [0, 0.05) is 37.8 Å². The third-order valence-corrected chi connectivity index (χ3v) is 4.09. The highest BCUT2D eigenvalue weighted by Gasteiger charge is 2.10. The predicted octanol–water partition coefficient (Wildman–Crippen LogP) is 1.09. The number of hydrogen-bond acceptors (Lipinski definition) is 5. The highest BCUT2D eigenvalue weighted by atomic mass is 32.1. The van der Waals surface area contributed by atoms with Gasteiger partial charge in [-0.05, 0) is 26.4 Å². The van der Waals surface area contributed by atoms with E-state index < -0.39 is 0 Å². The standard InChI is InChI=1S/C12H22N4S/c1-11(12-15-6-10-17-12)14-5-9-16-7-2-3-13-4-8-16/h6,10-11,13-14H,2-5,7-9H2,1H3. The number of rotatable bonds is 5. The van der Waals surface area contributed by atoms with Gasteiger partial charge in [-0.2, -0.15) is 0 Å². The Hall–Kier alpha value is -0.490. The van der Waals surface area contributed by atoms with E-state index in [1.807, 2.05) is 11.6 Å². The van der Waals surface area contributed by atoms with Crippen LogP contribution in [0.2, 0.25) is 0 Å². The van der Waals surface area contributed by atoms with E-state index in [0.717, 1.165) is 19.6 Å². The van der Waals surface area contributed by atoms with E-state index >= 15 is 0 Å². The number of hydrogen-bond donors (Lipinski definition) is 2. The van der Waals surface area contributed by atoms with Crippen LogP contribution in [0.25, 0.3) is 0 Å². The van der Waals surface area contributed by atoms with Gasteiger partial charge in [0.15, 0.2) is 0 Å². The maximum atomic E-state index is 4.33. The maximum absolute atomic E-state index is 4.33. The fourth-order valence-corrected chi connectivity index (χ4v) is 2.77. The molecule has 0 aliphatic carbocycles. The second kappa shape index (κ2) is 7.06. The average molecular weight is 254 g/mol. The van der Waals surface area contributed by atoms with Crippen molar-refractivity contribution in [1.82, 2.24) is 20.5 Å². The first-order valence-electron chi connectivity index (χ1n) is 6.42. The Kier molecular flexibility index (Phi) is 5.38. The molecular formula is C12H22N4S. The van der Waals surface area contributed by atoms with Crippen LogP contribution in [0, 0.1) is 0 Å². The van der Waals surface area contributed by atoms with Crippen molar-refractivity contribution in [2.45, 2.75) is 19.4 Å². The zero-order chi connectivity index (χ0) is 11.9. The van der Waals surface area contributed by atoms with Gasteiger partial charge >= 0.3 is 0 Å². The molecule has 1 unspecified atom stereocenters. The van der Waals surface area contributed by atoms with Crippen molar-refractivity contribution in [3.63, 3.8) is 0 Å². The zero-order valence-electron chi connectivity index (χ0n) is 10.5. The number of nitrogens with zero attached hydrogens (tertiary/aromatic N) is 2. The van der Waals surface area contributed by atoms with Crippen LogP contribution in [-0.2, 0) is 0 Å². The fourth-order valence-electron chi connectivity index (χ4n) is 2.10. The minimum Gasteiger partial charge on any atom is -0.315 e. The van der Waals surface area contributed by atoms with Crippen molar-refractivity contribution in [3.8, 4) is 0 Å². The Morgan fingerprint density at radius 2 is 2.47 bits per heavy atom. The summed E-state index contributed by atoms with van der Waals surface area (Å²) in [6, 6.07) is 0.375. The first-order chi connectivity index (χ1) is 8.36. The summed E-state index contributed by atoms with van der Waals surface area (Å²) in [5, 5.41) is 10.2. The molecular weight excluding hydrogens is 232 g/mol. The van der Waals surface area contributed by atoms with Gasteiger partial charge in [0.1, 0.15) is 5.01 Å². The zero-order valence-corrected chi connectivity index (χ0v) is 11.3. The Bertz CT molecular complexity index is 293. The van der Waals surface area contributed by atoms with E-state index in [1.54, 1.807) is 11.3 Å². The molecule has 4 nitrogen and oxygen atoms in total. The van der Waals surface area contributed by atoms with E-state index in [1.165, 1.54) is 31.1 Å². The Labute approximate surface area is 107 Å². The Balaban J connectivity index is 1.65. The molecule has 0 bridgehead atoms. The summed E-state index contributed by atoms with van der Waals surface area (Å²) in [4.78, 5) is 6.86. The molecule has 2 rings (SSSR count). The maximum Gasteiger partial charge on any atom is 0.109 e. The Morgan fingerprint density at radius 3 is 3.29 bits per heavy atom. The molecule has 1 saturated heterocycles. The lowest BCUT2D eigenvalue weighted by Crippen LogP contribution is -2.35. The van der Waals surface area contributed by atoms with Crippen molar-refractivity contribution >= 4 is 11.3 Å². The lowest BCUT2D eigenvalue weighted by atomic mass is 10.3. The van der Waals surface area contributed by atoms with Crippen LogP contribution in [0.3, 0.4) is 0 Å². The number of thiazole rings is 1. The summed E-state index contributed by atoms with van der Waals surface area (Å²) < 4.78 is 0. The molecule has 1 aromatic heterocycles. The molecule has 1 aliphatic rings. The van der Waals surface area contributed by atoms with E-state index in [4.69, 9.17) is 0 Å². The van der Waals surface area contributed by atoms with Crippen LogP contribution in [0.5, 0.6) is 0 Å². The van der Waals surface area contributed by atoms with Crippen molar-refractivity contribution in [3.05, 3.63) is 16.6 Å². The summed E-state index contributed by atoms with van der Waals surface area (Å²) in [7, 11) is 0. The molecule has 0 amide bonds. The topological polar surface area (TPSA) is 40.2 Å². The molecule has 1 aromatic rings. The SMILES string of the molecule is CC(NCCN1CCCNCC1)c1nccs1. The van der Waals surface area contributed by atoms with E-state index in [0.29, 0.717) is 6.04 Å². The quantitative estimate of drug-likeness (QED) is 0.825. The van der Waals surface area contributed by atoms with E-state index in [-0.39, 0.29) is 0 Å². The summed E-state index contributed by atoms with van der Waals surface area (Å²) in [5.41, 5.74) is 0. The molecule has 5 heteroatoms. The third-order valence-electron chi connectivity index (χ3n) is 3.13. The van der Waals surface area contributed by atoms with Gasteiger partial charge in [-0.3, -0.25) is 0 Å². The smallest absolute Gasteiger partial charge is 0.109 e. The monoisotopic (exact) mass is 254 g/mol.